The smallest absolute Gasteiger partial charge is 0.00953 e. The van der Waals surface area contributed by atoms with Gasteiger partial charge in [-0.1, -0.05) is 33.6 Å². The Morgan fingerprint density at radius 3 is 2.11 bits per heavy atom. The van der Waals surface area contributed by atoms with E-state index >= 15 is 0 Å². The molecule has 0 atom stereocenters. The van der Waals surface area contributed by atoms with Gasteiger partial charge < -0.3 is 10.2 Å². The first kappa shape index (κ1) is 15.3. The fourth-order valence-corrected chi connectivity index (χ4v) is 3.63. The van der Waals surface area contributed by atoms with Crippen LogP contribution in [-0.4, -0.2) is 36.6 Å². The number of rotatable bonds is 9. The van der Waals surface area contributed by atoms with E-state index in [1.165, 1.54) is 71.0 Å². The first-order chi connectivity index (χ1) is 9.23. The van der Waals surface area contributed by atoms with Crippen molar-refractivity contribution in [2.45, 2.75) is 84.2 Å². The number of hydrogen-bond donors (Lipinski definition) is 1. The molecule has 0 aromatic heterocycles. The van der Waals surface area contributed by atoms with Gasteiger partial charge in [0, 0.05) is 25.2 Å². The summed E-state index contributed by atoms with van der Waals surface area (Å²) in [6.07, 6.45) is 11.2. The molecule has 2 heteroatoms. The van der Waals surface area contributed by atoms with Gasteiger partial charge in [-0.25, -0.2) is 0 Å². The van der Waals surface area contributed by atoms with Gasteiger partial charge in [0.1, 0.15) is 0 Å². The molecule has 0 aromatic rings. The minimum atomic E-state index is 0.501. The van der Waals surface area contributed by atoms with Crippen LogP contribution in [0.4, 0.5) is 0 Å². The van der Waals surface area contributed by atoms with E-state index in [0.29, 0.717) is 5.41 Å². The summed E-state index contributed by atoms with van der Waals surface area (Å²) >= 11 is 0. The summed E-state index contributed by atoms with van der Waals surface area (Å²) in [6.45, 7) is 10.9. The van der Waals surface area contributed by atoms with E-state index in [9.17, 15) is 0 Å². The standard InChI is InChI=1S/C17H34N2/c1-4-17(5-2,13-18-15-11-12-15)14-19(6-3)16-9-7-8-10-16/h15-16,18H,4-14H2,1-3H3. The molecule has 1 N–H and O–H groups in total. The van der Waals surface area contributed by atoms with Crippen LogP contribution in [-0.2, 0) is 0 Å². The fourth-order valence-electron chi connectivity index (χ4n) is 3.63. The van der Waals surface area contributed by atoms with Crippen molar-refractivity contribution in [1.82, 2.24) is 10.2 Å². The molecule has 2 rings (SSSR count). The average Bonchev–Trinajstić information content (AvgIpc) is 3.13. The maximum absolute atomic E-state index is 3.79. The van der Waals surface area contributed by atoms with Gasteiger partial charge in [-0.05, 0) is 50.5 Å². The summed E-state index contributed by atoms with van der Waals surface area (Å²) in [7, 11) is 0. The van der Waals surface area contributed by atoms with Crippen molar-refractivity contribution in [3.63, 3.8) is 0 Å². The van der Waals surface area contributed by atoms with Crippen molar-refractivity contribution in [2.75, 3.05) is 19.6 Å². The Kier molecular flexibility index (Phi) is 5.70. The predicted molar refractivity (Wildman–Crippen MR) is 83.5 cm³/mol. The van der Waals surface area contributed by atoms with Gasteiger partial charge in [0.2, 0.25) is 0 Å². The van der Waals surface area contributed by atoms with Crippen LogP contribution in [0.15, 0.2) is 0 Å². The van der Waals surface area contributed by atoms with E-state index in [-0.39, 0.29) is 0 Å². The van der Waals surface area contributed by atoms with Crippen molar-refractivity contribution >= 4 is 0 Å². The Labute approximate surface area is 120 Å². The van der Waals surface area contributed by atoms with E-state index in [0.717, 1.165) is 12.1 Å². The Morgan fingerprint density at radius 1 is 1.00 bits per heavy atom. The highest BCUT2D eigenvalue weighted by Crippen LogP contribution is 2.32. The number of nitrogens with one attached hydrogen (secondary N) is 1. The zero-order chi connectivity index (χ0) is 13.7. The third-order valence-corrected chi connectivity index (χ3v) is 5.63. The minimum absolute atomic E-state index is 0.501. The summed E-state index contributed by atoms with van der Waals surface area (Å²) in [5.41, 5.74) is 0.501. The quantitative estimate of drug-likeness (QED) is 0.683. The van der Waals surface area contributed by atoms with Gasteiger partial charge >= 0.3 is 0 Å². The van der Waals surface area contributed by atoms with E-state index in [4.69, 9.17) is 0 Å². The molecule has 0 amide bonds. The van der Waals surface area contributed by atoms with E-state index < -0.39 is 0 Å². The predicted octanol–water partition coefficient (Wildman–Crippen LogP) is 3.81. The topological polar surface area (TPSA) is 15.3 Å². The third kappa shape index (κ3) is 4.19. The van der Waals surface area contributed by atoms with Crippen LogP contribution in [0.5, 0.6) is 0 Å². The monoisotopic (exact) mass is 266 g/mol. The molecule has 0 spiro atoms. The summed E-state index contributed by atoms with van der Waals surface area (Å²) in [5, 5.41) is 3.79. The Bertz CT molecular complexity index is 250. The molecular formula is C17H34N2. The first-order valence-corrected chi connectivity index (χ1v) is 8.70. The maximum atomic E-state index is 3.79. The fraction of sp³-hybridized carbons (Fsp3) is 1.00. The molecule has 112 valence electrons. The second-order valence-electron chi connectivity index (χ2n) is 6.86. The van der Waals surface area contributed by atoms with E-state index in [1.807, 2.05) is 0 Å². The van der Waals surface area contributed by atoms with Gasteiger partial charge in [0.15, 0.2) is 0 Å². The second-order valence-corrected chi connectivity index (χ2v) is 6.86. The van der Waals surface area contributed by atoms with E-state index in [2.05, 4.69) is 31.0 Å². The average molecular weight is 266 g/mol. The van der Waals surface area contributed by atoms with Crippen molar-refractivity contribution in [2.24, 2.45) is 5.41 Å². The molecule has 2 aliphatic rings. The normalized spacial score (nSPS) is 21.5. The summed E-state index contributed by atoms with van der Waals surface area (Å²) in [6, 6.07) is 1.72. The molecule has 0 unspecified atom stereocenters. The van der Waals surface area contributed by atoms with Crippen molar-refractivity contribution < 1.29 is 0 Å². The molecule has 19 heavy (non-hydrogen) atoms. The van der Waals surface area contributed by atoms with Crippen molar-refractivity contribution in [3.05, 3.63) is 0 Å². The van der Waals surface area contributed by atoms with Crippen LogP contribution in [0.3, 0.4) is 0 Å². The molecule has 0 aromatic carbocycles. The summed E-state index contributed by atoms with van der Waals surface area (Å²) < 4.78 is 0. The van der Waals surface area contributed by atoms with Crippen LogP contribution in [0.2, 0.25) is 0 Å². The Hall–Kier alpha value is -0.0800. The van der Waals surface area contributed by atoms with Crippen molar-refractivity contribution in [1.29, 1.82) is 0 Å². The van der Waals surface area contributed by atoms with Crippen LogP contribution in [0.1, 0.15) is 72.1 Å². The molecule has 0 aliphatic heterocycles. The lowest BCUT2D eigenvalue weighted by molar-refractivity contribution is 0.104. The molecule has 2 aliphatic carbocycles. The third-order valence-electron chi connectivity index (χ3n) is 5.63. The Morgan fingerprint density at radius 2 is 1.63 bits per heavy atom. The second kappa shape index (κ2) is 7.08. The molecular weight excluding hydrogens is 232 g/mol. The zero-order valence-electron chi connectivity index (χ0n) is 13.4. The molecule has 2 saturated carbocycles. The lowest BCUT2D eigenvalue weighted by Crippen LogP contribution is -2.47. The van der Waals surface area contributed by atoms with Gasteiger partial charge in [-0.3, -0.25) is 0 Å². The highest BCUT2D eigenvalue weighted by molar-refractivity contribution is 4.90. The van der Waals surface area contributed by atoms with Gasteiger partial charge in [-0.15, -0.1) is 0 Å². The van der Waals surface area contributed by atoms with Crippen LogP contribution >= 0.6 is 0 Å². The van der Waals surface area contributed by atoms with Crippen LogP contribution in [0.25, 0.3) is 0 Å². The van der Waals surface area contributed by atoms with Gasteiger partial charge in [0.05, 0.1) is 0 Å². The maximum Gasteiger partial charge on any atom is 0.00953 e. The minimum Gasteiger partial charge on any atom is -0.313 e. The molecule has 0 heterocycles. The van der Waals surface area contributed by atoms with E-state index in [1.54, 1.807) is 0 Å². The zero-order valence-corrected chi connectivity index (χ0v) is 13.4. The molecule has 2 fully saturated rings. The lowest BCUT2D eigenvalue weighted by Gasteiger charge is -2.40. The van der Waals surface area contributed by atoms with Crippen LogP contribution < -0.4 is 5.32 Å². The highest BCUT2D eigenvalue weighted by atomic mass is 15.2. The molecule has 0 bridgehead atoms. The van der Waals surface area contributed by atoms with Crippen molar-refractivity contribution in [3.8, 4) is 0 Å². The van der Waals surface area contributed by atoms with Gasteiger partial charge in [-0.2, -0.15) is 0 Å². The number of hydrogen-bond acceptors (Lipinski definition) is 2. The molecule has 0 radical (unpaired) electrons. The lowest BCUT2D eigenvalue weighted by atomic mass is 9.81. The summed E-state index contributed by atoms with van der Waals surface area (Å²) in [4.78, 5) is 2.79. The SMILES string of the molecule is CCN(CC(CC)(CC)CNC1CC1)C1CCCC1. The van der Waals surface area contributed by atoms with Crippen LogP contribution in [0, 0.1) is 5.41 Å². The Balaban J connectivity index is 1.91. The largest absolute Gasteiger partial charge is 0.313 e. The summed E-state index contributed by atoms with van der Waals surface area (Å²) in [5.74, 6) is 0. The number of nitrogens with zero attached hydrogens (tertiary/aromatic N) is 1. The molecule has 0 saturated heterocycles. The molecule has 2 nitrogen and oxygen atoms in total. The van der Waals surface area contributed by atoms with Gasteiger partial charge in [0.25, 0.3) is 0 Å². The first-order valence-electron chi connectivity index (χ1n) is 8.70. The highest BCUT2D eigenvalue weighted by Gasteiger charge is 2.33.